The second kappa shape index (κ2) is 4.81. The van der Waals surface area contributed by atoms with Gasteiger partial charge in [0.05, 0.1) is 0 Å². The van der Waals surface area contributed by atoms with Crippen molar-refractivity contribution in [2.24, 2.45) is 5.92 Å². The molecule has 0 N–H and O–H groups in total. The van der Waals surface area contributed by atoms with Crippen LogP contribution in [0.2, 0.25) is 0 Å². The first kappa shape index (κ1) is 11.3. The maximum absolute atomic E-state index is 3.88. The second-order valence-corrected chi connectivity index (χ2v) is 6.23. The maximum Gasteiger partial charge on any atom is 0.0214 e. The van der Waals surface area contributed by atoms with Crippen molar-refractivity contribution < 1.29 is 0 Å². The molecule has 17 heavy (non-hydrogen) atoms. The van der Waals surface area contributed by atoms with Crippen molar-refractivity contribution in [3.63, 3.8) is 0 Å². The number of fused-ring (bicyclic) bond motifs is 1. The molecule has 1 saturated carbocycles. The molecule has 2 aromatic rings. The predicted molar refractivity (Wildman–Crippen MR) is 77.7 cm³/mol. The van der Waals surface area contributed by atoms with Crippen LogP contribution in [0.3, 0.4) is 0 Å². The fourth-order valence-electron chi connectivity index (χ4n) is 2.65. The Labute approximate surface area is 111 Å². The molecule has 0 aliphatic heterocycles. The SMILES string of the molecule is BrC(Cc1cccc2ccccc12)C1CCC1. The van der Waals surface area contributed by atoms with Gasteiger partial charge in [-0.1, -0.05) is 64.8 Å². The molecule has 0 spiro atoms. The first-order valence-corrected chi connectivity index (χ1v) is 7.37. The van der Waals surface area contributed by atoms with Crippen LogP contribution in [0.4, 0.5) is 0 Å². The van der Waals surface area contributed by atoms with Crippen molar-refractivity contribution in [1.29, 1.82) is 0 Å². The van der Waals surface area contributed by atoms with E-state index in [1.165, 1.54) is 35.6 Å². The van der Waals surface area contributed by atoms with Crippen LogP contribution in [-0.4, -0.2) is 4.83 Å². The number of benzene rings is 2. The Balaban J connectivity index is 1.89. The summed E-state index contributed by atoms with van der Waals surface area (Å²) < 4.78 is 0. The van der Waals surface area contributed by atoms with Crippen LogP contribution in [0, 0.1) is 5.92 Å². The van der Waals surface area contributed by atoms with Crippen LogP contribution < -0.4 is 0 Å². The topological polar surface area (TPSA) is 0 Å². The Morgan fingerprint density at radius 3 is 2.59 bits per heavy atom. The van der Waals surface area contributed by atoms with E-state index in [4.69, 9.17) is 0 Å². The molecule has 1 aliphatic carbocycles. The van der Waals surface area contributed by atoms with Gasteiger partial charge in [-0.2, -0.15) is 0 Å². The van der Waals surface area contributed by atoms with Crippen molar-refractivity contribution in [3.8, 4) is 0 Å². The monoisotopic (exact) mass is 288 g/mol. The van der Waals surface area contributed by atoms with Gasteiger partial charge in [0.2, 0.25) is 0 Å². The summed E-state index contributed by atoms with van der Waals surface area (Å²) in [4.78, 5) is 0.655. The molecule has 0 heterocycles. The molecule has 88 valence electrons. The summed E-state index contributed by atoms with van der Waals surface area (Å²) in [5.74, 6) is 0.897. The third-order valence-corrected chi connectivity index (χ3v) is 5.03. The summed E-state index contributed by atoms with van der Waals surface area (Å²) in [7, 11) is 0. The lowest BCUT2D eigenvalue weighted by atomic mass is 9.81. The summed E-state index contributed by atoms with van der Waals surface area (Å²) in [6, 6.07) is 15.3. The Morgan fingerprint density at radius 1 is 1.06 bits per heavy atom. The van der Waals surface area contributed by atoms with Crippen LogP contribution in [0.15, 0.2) is 42.5 Å². The Kier molecular flexibility index (Phi) is 3.19. The van der Waals surface area contributed by atoms with Gasteiger partial charge in [0.15, 0.2) is 0 Å². The third kappa shape index (κ3) is 2.26. The maximum atomic E-state index is 3.88. The molecule has 3 rings (SSSR count). The van der Waals surface area contributed by atoms with Crippen LogP contribution in [0.1, 0.15) is 24.8 Å². The average molecular weight is 289 g/mol. The average Bonchev–Trinajstić information content (AvgIpc) is 2.27. The van der Waals surface area contributed by atoms with Gasteiger partial charge in [-0.25, -0.2) is 0 Å². The van der Waals surface area contributed by atoms with Crippen LogP contribution >= 0.6 is 15.9 Å². The molecule has 1 atom stereocenters. The minimum Gasteiger partial charge on any atom is -0.0884 e. The van der Waals surface area contributed by atoms with Gasteiger partial charge in [0.25, 0.3) is 0 Å². The largest absolute Gasteiger partial charge is 0.0884 e. The van der Waals surface area contributed by atoms with E-state index in [1.807, 2.05) is 0 Å². The smallest absolute Gasteiger partial charge is 0.0214 e. The first-order chi connectivity index (χ1) is 8.34. The van der Waals surface area contributed by atoms with Gasteiger partial charge in [0, 0.05) is 4.83 Å². The molecule has 0 aromatic heterocycles. The molecule has 1 unspecified atom stereocenters. The summed E-state index contributed by atoms with van der Waals surface area (Å²) in [5, 5.41) is 2.78. The second-order valence-electron chi connectivity index (χ2n) is 5.05. The molecule has 0 radical (unpaired) electrons. The standard InChI is InChI=1S/C16H17Br/c17-16(13-7-4-8-13)11-14-9-3-6-12-5-1-2-10-15(12)14/h1-3,5-6,9-10,13,16H,4,7-8,11H2. The number of hydrogen-bond acceptors (Lipinski definition) is 0. The normalized spacial score (nSPS) is 17.9. The summed E-state index contributed by atoms with van der Waals surface area (Å²) in [6.07, 6.45) is 5.38. The Bertz CT molecular complexity index is 508. The van der Waals surface area contributed by atoms with E-state index in [2.05, 4.69) is 58.4 Å². The third-order valence-electron chi connectivity index (χ3n) is 3.96. The van der Waals surface area contributed by atoms with Gasteiger partial charge < -0.3 is 0 Å². The van der Waals surface area contributed by atoms with E-state index >= 15 is 0 Å². The van der Waals surface area contributed by atoms with Crippen molar-refractivity contribution >= 4 is 26.7 Å². The van der Waals surface area contributed by atoms with Crippen LogP contribution in [0.25, 0.3) is 10.8 Å². The lowest BCUT2D eigenvalue weighted by Crippen LogP contribution is -2.23. The fourth-order valence-corrected chi connectivity index (χ4v) is 3.53. The lowest BCUT2D eigenvalue weighted by Gasteiger charge is -2.30. The molecular weight excluding hydrogens is 272 g/mol. The molecule has 0 amide bonds. The van der Waals surface area contributed by atoms with Crippen molar-refractivity contribution in [3.05, 3.63) is 48.0 Å². The highest BCUT2D eigenvalue weighted by Gasteiger charge is 2.25. The summed E-state index contributed by atoms with van der Waals surface area (Å²) in [6.45, 7) is 0. The molecule has 1 fully saturated rings. The van der Waals surface area contributed by atoms with E-state index in [9.17, 15) is 0 Å². The summed E-state index contributed by atoms with van der Waals surface area (Å²) >= 11 is 3.88. The molecule has 0 nitrogen and oxygen atoms in total. The number of hydrogen-bond donors (Lipinski definition) is 0. The lowest BCUT2D eigenvalue weighted by molar-refractivity contribution is 0.309. The zero-order valence-corrected chi connectivity index (χ0v) is 11.5. The molecule has 1 heteroatoms. The molecule has 0 bridgehead atoms. The molecule has 2 aromatic carbocycles. The fraction of sp³-hybridized carbons (Fsp3) is 0.375. The van der Waals surface area contributed by atoms with Gasteiger partial charge in [0.1, 0.15) is 0 Å². The van der Waals surface area contributed by atoms with E-state index in [1.54, 1.807) is 0 Å². The van der Waals surface area contributed by atoms with Gasteiger partial charge >= 0.3 is 0 Å². The van der Waals surface area contributed by atoms with E-state index in [0.29, 0.717) is 4.83 Å². The van der Waals surface area contributed by atoms with Crippen LogP contribution in [-0.2, 0) is 6.42 Å². The Hall–Kier alpha value is -0.820. The predicted octanol–water partition coefficient (Wildman–Crippen LogP) is 4.95. The first-order valence-electron chi connectivity index (χ1n) is 6.45. The molecule has 1 aliphatic rings. The highest BCUT2D eigenvalue weighted by atomic mass is 79.9. The Morgan fingerprint density at radius 2 is 1.82 bits per heavy atom. The number of rotatable bonds is 3. The van der Waals surface area contributed by atoms with Crippen LogP contribution in [0.5, 0.6) is 0 Å². The van der Waals surface area contributed by atoms with E-state index in [-0.39, 0.29) is 0 Å². The zero-order chi connectivity index (χ0) is 11.7. The number of halogens is 1. The number of alkyl halides is 1. The minimum absolute atomic E-state index is 0.655. The molecule has 0 saturated heterocycles. The van der Waals surface area contributed by atoms with E-state index in [0.717, 1.165) is 12.3 Å². The quantitative estimate of drug-likeness (QED) is 0.702. The van der Waals surface area contributed by atoms with Crippen molar-refractivity contribution in [2.75, 3.05) is 0 Å². The summed E-state index contributed by atoms with van der Waals surface area (Å²) in [5.41, 5.74) is 1.48. The van der Waals surface area contributed by atoms with Gasteiger partial charge in [-0.3, -0.25) is 0 Å². The zero-order valence-electron chi connectivity index (χ0n) is 9.90. The van der Waals surface area contributed by atoms with Crippen molar-refractivity contribution in [2.45, 2.75) is 30.5 Å². The highest BCUT2D eigenvalue weighted by molar-refractivity contribution is 9.09. The molecular formula is C16H17Br. The minimum atomic E-state index is 0.655. The van der Waals surface area contributed by atoms with Gasteiger partial charge in [-0.15, -0.1) is 0 Å². The highest BCUT2D eigenvalue weighted by Crippen LogP contribution is 2.35. The van der Waals surface area contributed by atoms with Gasteiger partial charge in [-0.05, 0) is 41.5 Å². The van der Waals surface area contributed by atoms with Crippen molar-refractivity contribution in [1.82, 2.24) is 0 Å². The van der Waals surface area contributed by atoms with E-state index < -0.39 is 0 Å².